The van der Waals surface area contributed by atoms with Gasteiger partial charge in [-0.1, -0.05) is 42.5 Å². The Hall–Kier alpha value is -3.21. The molecule has 2 aliphatic rings. The molecule has 0 radical (unpaired) electrons. The fourth-order valence-corrected chi connectivity index (χ4v) is 5.11. The molecule has 5 nitrogen and oxygen atoms in total. The molecule has 2 amide bonds. The molecule has 2 fully saturated rings. The van der Waals surface area contributed by atoms with Crippen LogP contribution in [0.3, 0.4) is 0 Å². The van der Waals surface area contributed by atoms with Crippen molar-refractivity contribution in [3.8, 4) is 0 Å². The number of nitrogens with zero attached hydrogens (tertiary/aromatic N) is 3. The molecule has 5 heteroatoms. The van der Waals surface area contributed by atoms with E-state index in [0.29, 0.717) is 18.7 Å². The first-order valence-electron chi connectivity index (χ1n) is 10.7. The van der Waals surface area contributed by atoms with Gasteiger partial charge in [-0.3, -0.25) is 14.6 Å². The largest absolute Gasteiger partial charge is 0.336 e. The molecule has 0 saturated carbocycles. The Morgan fingerprint density at radius 3 is 2.57 bits per heavy atom. The lowest BCUT2D eigenvalue weighted by Crippen LogP contribution is -2.61. The maximum Gasteiger partial charge on any atom is 0.255 e. The number of pyridine rings is 1. The minimum absolute atomic E-state index is 0.0546. The number of hydrogen-bond donors (Lipinski definition) is 0. The number of amides is 2. The van der Waals surface area contributed by atoms with Gasteiger partial charge in [0.15, 0.2) is 0 Å². The second-order valence-corrected chi connectivity index (χ2v) is 8.28. The highest BCUT2D eigenvalue weighted by molar-refractivity contribution is 6.08. The third-order valence-corrected chi connectivity index (χ3v) is 6.53. The summed E-state index contributed by atoms with van der Waals surface area (Å²) >= 11 is 0. The Bertz CT molecular complexity index is 1090. The van der Waals surface area contributed by atoms with E-state index in [4.69, 9.17) is 0 Å². The van der Waals surface area contributed by atoms with E-state index in [1.807, 2.05) is 58.3 Å². The smallest absolute Gasteiger partial charge is 0.255 e. The summed E-state index contributed by atoms with van der Waals surface area (Å²) in [5.74, 6) is 0.0443. The van der Waals surface area contributed by atoms with Crippen LogP contribution in [0.4, 0.5) is 0 Å². The van der Waals surface area contributed by atoms with E-state index in [-0.39, 0.29) is 11.8 Å². The summed E-state index contributed by atoms with van der Waals surface area (Å²) in [5, 5.41) is 0.844. The van der Waals surface area contributed by atoms with E-state index >= 15 is 0 Å². The fraction of sp³-hybridized carbons (Fsp3) is 0.320. The summed E-state index contributed by atoms with van der Waals surface area (Å²) in [4.78, 5) is 35.5. The zero-order valence-corrected chi connectivity index (χ0v) is 17.0. The Morgan fingerprint density at radius 2 is 1.73 bits per heavy atom. The van der Waals surface area contributed by atoms with E-state index in [0.717, 1.165) is 48.7 Å². The third kappa shape index (κ3) is 3.05. The molecule has 5 rings (SSSR count). The maximum absolute atomic E-state index is 13.7. The van der Waals surface area contributed by atoms with Gasteiger partial charge in [0.05, 0.1) is 5.52 Å². The van der Waals surface area contributed by atoms with Crippen molar-refractivity contribution in [2.24, 2.45) is 0 Å². The zero-order valence-electron chi connectivity index (χ0n) is 17.0. The SMILES string of the molecule is O=C(c1cccc2ncccc12)N1CCCC12CCCN(Cc1ccccc1)C2=O. The third-order valence-electron chi connectivity index (χ3n) is 6.53. The van der Waals surface area contributed by atoms with Crippen LogP contribution in [0.5, 0.6) is 0 Å². The van der Waals surface area contributed by atoms with E-state index in [1.165, 1.54) is 0 Å². The molecule has 0 N–H and O–H groups in total. The minimum Gasteiger partial charge on any atom is -0.336 e. The van der Waals surface area contributed by atoms with Gasteiger partial charge in [-0.2, -0.15) is 0 Å². The number of piperidine rings is 1. The lowest BCUT2D eigenvalue weighted by atomic mass is 9.84. The molecule has 30 heavy (non-hydrogen) atoms. The lowest BCUT2D eigenvalue weighted by Gasteiger charge is -2.44. The number of rotatable bonds is 3. The van der Waals surface area contributed by atoms with Gasteiger partial charge in [-0.05, 0) is 49.4 Å². The van der Waals surface area contributed by atoms with Crippen LogP contribution < -0.4 is 0 Å². The number of carbonyl (C=O) groups excluding carboxylic acids is 2. The molecule has 0 aliphatic carbocycles. The minimum atomic E-state index is -0.714. The van der Waals surface area contributed by atoms with Crippen LogP contribution in [0.25, 0.3) is 10.9 Å². The van der Waals surface area contributed by atoms with Crippen LogP contribution >= 0.6 is 0 Å². The van der Waals surface area contributed by atoms with Gasteiger partial charge < -0.3 is 9.80 Å². The number of hydrogen-bond acceptors (Lipinski definition) is 3. The summed E-state index contributed by atoms with van der Waals surface area (Å²) < 4.78 is 0. The predicted molar refractivity (Wildman–Crippen MR) is 116 cm³/mol. The summed E-state index contributed by atoms with van der Waals surface area (Å²) in [6.45, 7) is 1.97. The molecule has 1 spiro atoms. The van der Waals surface area contributed by atoms with Crippen molar-refractivity contribution in [2.45, 2.75) is 37.8 Å². The first kappa shape index (κ1) is 18.8. The highest BCUT2D eigenvalue weighted by Gasteiger charge is 2.52. The van der Waals surface area contributed by atoms with Gasteiger partial charge in [0.2, 0.25) is 5.91 Å². The Labute approximate surface area is 176 Å². The quantitative estimate of drug-likeness (QED) is 0.668. The summed E-state index contributed by atoms with van der Waals surface area (Å²) in [7, 11) is 0. The number of benzene rings is 2. The Morgan fingerprint density at radius 1 is 0.933 bits per heavy atom. The van der Waals surface area contributed by atoms with Gasteiger partial charge >= 0.3 is 0 Å². The van der Waals surface area contributed by atoms with Crippen molar-refractivity contribution in [3.05, 3.63) is 78.0 Å². The van der Waals surface area contributed by atoms with Gasteiger partial charge in [-0.25, -0.2) is 0 Å². The fourth-order valence-electron chi connectivity index (χ4n) is 5.11. The number of likely N-dealkylation sites (tertiary alicyclic amines) is 2. The van der Waals surface area contributed by atoms with Crippen molar-refractivity contribution < 1.29 is 9.59 Å². The normalized spacial score (nSPS) is 21.5. The second-order valence-electron chi connectivity index (χ2n) is 8.28. The molecular weight excluding hydrogens is 374 g/mol. The van der Waals surface area contributed by atoms with Crippen molar-refractivity contribution in [1.29, 1.82) is 0 Å². The first-order chi connectivity index (χ1) is 14.7. The van der Waals surface area contributed by atoms with Crippen LogP contribution in [-0.4, -0.2) is 45.2 Å². The van der Waals surface area contributed by atoms with E-state index in [1.54, 1.807) is 6.20 Å². The van der Waals surface area contributed by atoms with Gasteiger partial charge in [-0.15, -0.1) is 0 Å². The van der Waals surface area contributed by atoms with E-state index in [2.05, 4.69) is 17.1 Å². The monoisotopic (exact) mass is 399 g/mol. The Balaban J connectivity index is 1.47. The number of fused-ring (bicyclic) bond motifs is 1. The molecule has 2 aliphatic heterocycles. The molecule has 1 atom stereocenters. The zero-order chi connectivity index (χ0) is 20.6. The predicted octanol–water partition coefficient (Wildman–Crippen LogP) is 4.03. The van der Waals surface area contributed by atoms with Crippen LogP contribution in [0.1, 0.15) is 41.6 Å². The van der Waals surface area contributed by atoms with Crippen molar-refractivity contribution in [1.82, 2.24) is 14.8 Å². The average Bonchev–Trinajstić information content (AvgIpc) is 3.21. The molecule has 1 unspecified atom stereocenters. The Kier molecular flexibility index (Phi) is 4.74. The molecular formula is C25H25N3O2. The topological polar surface area (TPSA) is 53.5 Å². The molecule has 0 bridgehead atoms. The highest BCUT2D eigenvalue weighted by atomic mass is 16.2. The standard InChI is InChI=1S/C25H25N3O2/c29-23(21-10-4-12-22-20(21)11-5-15-26-22)28-17-7-14-25(28)13-6-16-27(24(25)30)18-19-8-2-1-3-9-19/h1-5,8-12,15H,6-7,13-14,16-18H2. The molecule has 152 valence electrons. The molecule has 3 aromatic rings. The molecule has 1 aromatic heterocycles. The van der Waals surface area contributed by atoms with Gasteiger partial charge in [0, 0.05) is 36.8 Å². The summed E-state index contributed by atoms with van der Waals surface area (Å²) in [6.07, 6.45) is 5.00. The molecule has 2 saturated heterocycles. The van der Waals surface area contributed by atoms with Crippen molar-refractivity contribution >= 4 is 22.7 Å². The van der Waals surface area contributed by atoms with Crippen LogP contribution in [0.2, 0.25) is 0 Å². The lowest BCUT2D eigenvalue weighted by molar-refractivity contribution is -0.146. The van der Waals surface area contributed by atoms with Crippen molar-refractivity contribution in [3.63, 3.8) is 0 Å². The summed E-state index contributed by atoms with van der Waals surface area (Å²) in [6, 6.07) is 19.5. The van der Waals surface area contributed by atoms with E-state index in [9.17, 15) is 9.59 Å². The average molecular weight is 399 g/mol. The van der Waals surface area contributed by atoms with Crippen LogP contribution in [0, 0.1) is 0 Å². The highest BCUT2D eigenvalue weighted by Crippen LogP contribution is 2.40. The van der Waals surface area contributed by atoms with Gasteiger partial charge in [0.25, 0.3) is 5.91 Å². The van der Waals surface area contributed by atoms with Crippen LogP contribution in [0.15, 0.2) is 66.9 Å². The molecule has 2 aromatic carbocycles. The van der Waals surface area contributed by atoms with Gasteiger partial charge in [0.1, 0.15) is 5.54 Å². The van der Waals surface area contributed by atoms with E-state index < -0.39 is 5.54 Å². The van der Waals surface area contributed by atoms with Crippen LogP contribution in [-0.2, 0) is 11.3 Å². The first-order valence-corrected chi connectivity index (χ1v) is 10.7. The molecule has 3 heterocycles. The second kappa shape index (κ2) is 7.56. The number of aromatic nitrogens is 1. The number of carbonyl (C=O) groups is 2. The summed E-state index contributed by atoms with van der Waals surface area (Å²) in [5.41, 5.74) is 1.85. The maximum atomic E-state index is 13.7. The van der Waals surface area contributed by atoms with Crippen molar-refractivity contribution in [2.75, 3.05) is 13.1 Å².